The van der Waals surface area contributed by atoms with Crippen LogP contribution in [0.3, 0.4) is 0 Å². The summed E-state index contributed by atoms with van der Waals surface area (Å²) in [4.78, 5) is 18.9. The molecule has 1 fully saturated rings. The van der Waals surface area contributed by atoms with Crippen LogP contribution in [0.2, 0.25) is 0 Å². The van der Waals surface area contributed by atoms with Crippen LogP contribution in [-0.4, -0.2) is 64.5 Å². The summed E-state index contributed by atoms with van der Waals surface area (Å²) >= 11 is 0. The molecule has 10 nitrogen and oxygen atoms in total. The molecule has 0 spiro atoms. The van der Waals surface area contributed by atoms with Gasteiger partial charge < -0.3 is 19.2 Å². The van der Waals surface area contributed by atoms with Crippen LogP contribution in [0.1, 0.15) is 42.8 Å². The predicted molar refractivity (Wildman–Crippen MR) is 139 cm³/mol. The SMILES string of the molecule is COc1ccc(Cn2nnnc2[C@H](c2cc3cc(OC)c(OC)cc3[nH]c2=O)N2CCC(C)CC2)cc1. The molecular formula is C27H32N6O4. The molecule has 1 N–H and O–H groups in total. The first kappa shape index (κ1) is 24.8. The van der Waals surface area contributed by atoms with E-state index in [4.69, 9.17) is 14.2 Å². The zero-order valence-electron chi connectivity index (χ0n) is 21.6. The van der Waals surface area contributed by atoms with E-state index in [9.17, 15) is 4.79 Å². The van der Waals surface area contributed by atoms with Gasteiger partial charge in [-0.05, 0) is 72.1 Å². The number of fused-ring (bicyclic) bond motifs is 1. The van der Waals surface area contributed by atoms with Gasteiger partial charge in [-0.25, -0.2) is 4.68 Å². The Labute approximate surface area is 215 Å². The molecule has 1 aliphatic heterocycles. The lowest BCUT2D eigenvalue weighted by Gasteiger charge is -2.35. The molecule has 194 valence electrons. The third kappa shape index (κ3) is 5.01. The van der Waals surface area contributed by atoms with Gasteiger partial charge in [-0.1, -0.05) is 19.1 Å². The number of pyridine rings is 1. The second kappa shape index (κ2) is 10.6. The maximum Gasteiger partial charge on any atom is 0.253 e. The molecule has 0 bridgehead atoms. The number of nitrogens with zero attached hydrogens (tertiary/aromatic N) is 5. The van der Waals surface area contributed by atoms with Gasteiger partial charge in [0.25, 0.3) is 5.56 Å². The average Bonchev–Trinajstić information content (AvgIpc) is 3.37. The van der Waals surface area contributed by atoms with Crippen LogP contribution < -0.4 is 19.8 Å². The van der Waals surface area contributed by atoms with Crippen molar-refractivity contribution < 1.29 is 14.2 Å². The van der Waals surface area contributed by atoms with E-state index in [-0.39, 0.29) is 5.56 Å². The first-order valence-corrected chi connectivity index (χ1v) is 12.4. The van der Waals surface area contributed by atoms with Gasteiger partial charge in [0.1, 0.15) is 11.8 Å². The number of aromatic amines is 1. The Kier molecular flexibility index (Phi) is 7.09. The predicted octanol–water partition coefficient (Wildman–Crippen LogP) is 3.41. The van der Waals surface area contributed by atoms with Crippen molar-refractivity contribution in [3.63, 3.8) is 0 Å². The fourth-order valence-corrected chi connectivity index (χ4v) is 4.96. The van der Waals surface area contributed by atoms with Crippen molar-refractivity contribution in [1.82, 2.24) is 30.1 Å². The van der Waals surface area contributed by atoms with E-state index in [1.807, 2.05) is 36.4 Å². The minimum absolute atomic E-state index is 0.178. The Balaban J connectivity index is 1.60. The number of rotatable bonds is 8. The third-order valence-electron chi connectivity index (χ3n) is 7.15. The maximum absolute atomic E-state index is 13.5. The molecular weight excluding hydrogens is 472 g/mol. The minimum atomic E-state index is -0.401. The van der Waals surface area contributed by atoms with E-state index in [1.54, 1.807) is 32.1 Å². The van der Waals surface area contributed by atoms with Gasteiger partial charge in [0.2, 0.25) is 0 Å². The van der Waals surface area contributed by atoms with E-state index < -0.39 is 6.04 Å². The monoisotopic (exact) mass is 504 g/mol. The molecule has 0 unspecified atom stereocenters. The number of hydrogen-bond donors (Lipinski definition) is 1. The van der Waals surface area contributed by atoms with E-state index >= 15 is 0 Å². The lowest BCUT2D eigenvalue weighted by atomic mass is 9.95. The number of hydrogen-bond acceptors (Lipinski definition) is 8. The van der Waals surface area contributed by atoms with Crippen molar-refractivity contribution in [3.05, 3.63) is 69.8 Å². The highest BCUT2D eigenvalue weighted by atomic mass is 16.5. The van der Waals surface area contributed by atoms with Crippen LogP contribution in [0.25, 0.3) is 10.9 Å². The van der Waals surface area contributed by atoms with Crippen molar-refractivity contribution in [3.8, 4) is 17.2 Å². The second-order valence-electron chi connectivity index (χ2n) is 9.51. The van der Waals surface area contributed by atoms with Crippen LogP contribution in [0.15, 0.2) is 47.3 Å². The molecule has 2 aromatic carbocycles. The van der Waals surface area contributed by atoms with Gasteiger partial charge in [0.15, 0.2) is 17.3 Å². The number of H-pyrrole nitrogens is 1. The molecule has 1 aliphatic rings. The zero-order chi connectivity index (χ0) is 25.9. The molecule has 5 rings (SSSR count). The quantitative estimate of drug-likeness (QED) is 0.389. The first-order chi connectivity index (χ1) is 18.0. The molecule has 1 saturated heterocycles. The summed E-state index contributed by atoms with van der Waals surface area (Å²) in [5.41, 5.74) is 2.13. The van der Waals surface area contributed by atoms with Gasteiger partial charge in [-0.15, -0.1) is 5.10 Å². The summed E-state index contributed by atoms with van der Waals surface area (Å²) in [7, 11) is 4.82. The molecule has 0 radical (unpaired) electrons. The number of benzene rings is 2. The Bertz CT molecular complexity index is 1420. The number of likely N-dealkylation sites (tertiary alicyclic amines) is 1. The molecule has 4 aromatic rings. The van der Waals surface area contributed by atoms with Crippen LogP contribution in [0.5, 0.6) is 17.2 Å². The van der Waals surface area contributed by atoms with Gasteiger partial charge in [0.05, 0.1) is 33.4 Å². The maximum atomic E-state index is 13.5. The summed E-state index contributed by atoms with van der Waals surface area (Å²) in [5.74, 6) is 3.22. The summed E-state index contributed by atoms with van der Waals surface area (Å²) in [6.07, 6.45) is 2.10. The smallest absolute Gasteiger partial charge is 0.253 e. The second-order valence-corrected chi connectivity index (χ2v) is 9.51. The molecule has 3 heterocycles. The molecule has 10 heteroatoms. The highest BCUT2D eigenvalue weighted by molar-refractivity contribution is 5.83. The number of methoxy groups -OCH3 is 3. The fraction of sp³-hybridized carbons (Fsp3) is 0.407. The van der Waals surface area contributed by atoms with Crippen LogP contribution in [-0.2, 0) is 6.54 Å². The van der Waals surface area contributed by atoms with E-state index in [0.717, 1.165) is 42.6 Å². The minimum Gasteiger partial charge on any atom is -0.497 e. The number of aromatic nitrogens is 5. The van der Waals surface area contributed by atoms with Crippen LogP contribution in [0.4, 0.5) is 0 Å². The Morgan fingerprint density at radius 1 is 1.00 bits per heavy atom. The van der Waals surface area contributed by atoms with Crippen molar-refractivity contribution in [2.75, 3.05) is 34.4 Å². The Morgan fingerprint density at radius 3 is 2.38 bits per heavy atom. The number of ether oxygens (including phenoxy) is 3. The van der Waals surface area contributed by atoms with Crippen molar-refractivity contribution >= 4 is 10.9 Å². The number of nitrogens with one attached hydrogen (secondary N) is 1. The summed E-state index contributed by atoms with van der Waals surface area (Å²) < 4.78 is 18.0. The van der Waals surface area contributed by atoms with Crippen molar-refractivity contribution in [1.29, 1.82) is 0 Å². The Hall–Kier alpha value is -3.92. The highest BCUT2D eigenvalue weighted by Gasteiger charge is 2.32. The van der Waals surface area contributed by atoms with Gasteiger partial charge in [-0.2, -0.15) is 0 Å². The first-order valence-electron chi connectivity index (χ1n) is 12.4. The summed E-state index contributed by atoms with van der Waals surface area (Å²) in [6, 6.07) is 13.0. The normalized spacial score (nSPS) is 15.6. The molecule has 0 aliphatic carbocycles. The standard InChI is InChI=1S/C27H32N6O4/c1-17-9-11-32(12-10-17)25(26-29-30-31-33(26)16-18-5-7-20(35-2)8-6-18)21-13-19-14-23(36-3)24(37-4)15-22(19)28-27(21)34/h5-8,13-15,17,25H,9-12,16H2,1-4H3,(H,28,34)/t25-/m0/s1. The van der Waals surface area contributed by atoms with E-state index in [0.29, 0.717) is 40.9 Å². The van der Waals surface area contributed by atoms with Gasteiger partial charge in [0, 0.05) is 17.0 Å². The van der Waals surface area contributed by atoms with E-state index in [2.05, 4.69) is 32.3 Å². The molecule has 1 atom stereocenters. The van der Waals surface area contributed by atoms with Gasteiger partial charge in [-0.3, -0.25) is 9.69 Å². The topological polar surface area (TPSA) is 107 Å². The average molecular weight is 505 g/mol. The summed E-state index contributed by atoms with van der Waals surface area (Å²) in [5, 5.41) is 13.6. The molecule has 0 saturated carbocycles. The highest BCUT2D eigenvalue weighted by Crippen LogP contribution is 2.34. The number of piperidine rings is 1. The van der Waals surface area contributed by atoms with Crippen molar-refractivity contribution in [2.45, 2.75) is 32.4 Å². The van der Waals surface area contributed by atoms with Crippen LogP contribution in [0, 0.1) is 5.92 Å². The molecule has 37 heavy (non-hydrogen) atoms. The zero-order valence-corrected chi connectivity index (χ0v) is 21.6. The largest absolute Gasteiger partial charge is 0.497 e. The van der Waals surface area contributed by atoms with Crippen molar-refractivity contribution in [2.24, 2.45) is 5.92 Å². The third-order valence-corrected chi connectivity index (χ3v) is 7.15. The lowest BCUT2D eigenvalue weighted by Crippen LogP contribution is -2.40. The number of tetrazole rings is 1. The van der Waals surface area contributed by atoms with E-state index in [1.165, 1.54) is 0 Å². The summed E-state index contributed by atoms with van der Waals surface area (Å²) in [6.45, 7) is 4.45. The molecule has 2 aromatic heterocycles. The van der Waals surface area contributed by atoms with Gasteiger partial charge >= 0.3 is 0 Å². The van der Waals surface area contributed by atoms with Crippen LogP contribution >= 0.6 is 0 Å². The fourth-order valence-electron chi connectivity index (χ4n) is 4.96. The lowest BCUT2D eigenvalue weighted by molar-refractivity contribution is 0.149. The Morgan fingerprint density at radius 2 is 1.70 bits per heavy atom. The molecule has 0 amide bonds.